The molecule has 2 rings (SSSR count). The molecule has 72 valence electrons. The molecule has 0 spiro atoms. The highest BCUT2D eigenvalue weighted by molar-refractivity contribution is 5.47. The van der Waals surface area contributed by atoms with E-state index in [1.165, 1.54) is 11.1 Å². The first-order valence-corrected chi connectivity index (χ1v) is 4.86. The number of aryl methyl sites for hydroxylation is 1. The number of nitrogens with two attached hydrogens (primary N) is 1. The fraction of sp³-hybridized carbons (Fsp3) is 0.333. The van der Waals surface area contributed by atoms with Crippen LogP contribution in [0.2, 0.25) is 0 Å². The number of benzene rings is 1. The Kier molecular flexibility index (Phi) is 2.43. The molecule has 0 radical (unpaired) electrons. The standard InChI is InChI=1S/C12H14N2/c1-2-7-14-12-6-4-9-3-5-10(13)8-11(9)12/h1,3,5,8,12,14H,4,6-7,13H2. The molecule has 1 atom stereocenters. The second-order valence-electron chi connectivity index (χ2n) is 3.63. The van der Waals surface area contributed by atoms with Crippen LogP contribution in [0, 0.1) is 12.3 Å². The third kappa shape index (κ3) is 1.59. The van der Waals surface area contributed by atoms with Crippen LogP contribution in [0.1, 0.15) is 23.6 Å². The molecule has 0 aromatic heterocycles. The van der Waals surface area contributed by atoms with Gasteiger partial charge in [-0.3, -0.25) is 5.32 Å². The van der Waals surface area contributed by atoms with E-state index in [1.807, 2.05) is 6.07 Å². The van der Waals surface area contributed by atoms with E-state index in [1.54, 1.807) is 0 Å². The van der Waals surface area contributed by atoms with Gasteiger partial charge in [-0.05, 0) is 36.1 Å². The van der Waals surface area contributed by atoms with Crippen LogP contribution < -0.4 is 11.1 Å². The van der Waals surface area contributed by atoms with Gasteiger partial charge in [-0.2, -0.15) is 0 Å². The van der Waals surface area contributed by atoms with E-state index in [0.29, 0.717) is 12.6 Å². The zero-order valence-corrected chi connectivity index (χ0v) is 8.09. The Morgan fingerprint density at radius 1 is 1.57 bits per heavy atom. The van der Waals surface area contributed by atoms with Crippen molar-refractivity contribution >= 4 is 5.69 Å². The molecule has 2 heteroatoms. The van der Waals surface area contributed by atoms with Gasteiger partial charge in [0.25, 0.3) is 0 Å². The van der Waals surface area contributed by atoms with Gasteiger partial charge in [0.2, 0.25) is 0 Å². The lowest BCUT2D eigenvalue weighted by molar-refractivity contribution is 0.568. The molecule has 1 aliphatic rings. The highest BCUT2D eigenvalue weighted by atomic mass is 14.9. The summed E-state index contributed by atoms with van der Waals surface area (Å²) in [5.41, 5.74) is 9.30. The molecule has 1 unspecified atom stereocenters. The molecule has 1 aliphatic carbocycles. The van der Waals surface area contributed by atoms with Crippen LogP contribution in [0.3, 0.4) is 0 Å². The number of fused-ring (bicyclic) bond motifs is 1. The third-order valence-corrected chi connectivity index (χ3v) is 2.70. The molecular formula is C12H14N2. The summed E-state index contributed by atoms with van der Waals surface area (Å²) < 4.78 is 0. The predicted molar refractivity (Wildman–Crippen MR) is 58.8 cm³/mol. The van der Waals surface area contributed by atoms with E-state index in [0.717, 1.165) is 18.5 Å². The van der Waals surface area contributed by atoms with Crippen molar-refractivity contribution in [3.63, 3.8) is 0 Å². The Morgan fingerprint density at radius 3 is 3.21 bits per heavy atom. The van der Waals surface area contributed by atoms with Gasteiger partial charge in [0.05, 0.1) is 6.54 Å². The monoisotopic (exact) mass is 186 g/mol. The zero-order valence-electron chi connectivity index (χ0n) is 8.09. The molecule has 14 heavy (non-hydrogen) atoms. The Balaban J connectivity index is 2.21. The summed E-state index contributed by atoms with van der Waals surface area (Å²) in [5.74, 6) is 2.60. The smallest absolute Gasteiger partial charge is 0.0578 e. The molecule has 2 nitrogen and oxygen atoms in total. The van der Waals surface area contributed by atoms with Crippen molar-refractivity contribution in [3.8, 4) is 12.3 Å². The normalized spacial score (nSPS) is 18.9. The minimum atomic E-state index is 0.393. The van der Waals surface area contributed by atoms with Gasteiger partial charge in [-0.1, -0.05) is 12.0 Å². The lowest BCUT2D eigenvalue weighted by Crippen LogP contribution is -2.19. The Morgan fingerprint density at radius 2 is 2.43 bits per heavy atom. The van der Waals surface area contributed by atoms with Crippen molar-refractivity contribution in [3.05, 3.63) is 29.3 Å². The summed E-state index contributed by atoms with van der Waals surface area (Å²) in [7, 11) is 0. The lowest BCUT2D eigenvalue weighted by Gasteiger charge is -2.11. The first-order valence-electron chi connectivity index (χ1n) is 4.86. The van der Waals surface area contributed by atoms with Crippen LogP contribution in [-0.2, 0) is 6.42 Å². The van der Waals surface area contributed by atoms with E-state index in [-0.39, 0.29) is 0 Å². The molecule has 0 amide bonds. The summed E-state index contributed by atoms with van der Waals surface area (Å²) in [5, 5.41) is 3.32. The summed E-state index contributed by atoms with van der Waals surface area (Å²) in [6, 6.07) is 6.52. The molecule has 1 aromatic rings. The second-order valence-corrected chi connectivity index (χ2v) is 3.63. The number of nitrogen functional groups attached to an aromatic ring is 1. The molecule has 0 fully saturated rings. The summed E-state index contributed by atoms with van der Waals surface area (Å²) >= 11 is 0. The first kappa shape index (κ1) is 9.11. The van der Waals surface area contributed by atoms with Crippen molar-refractivity contribution in [1.29, 1.82) is 0 Å². The number of anilines is 1. The van der Waals surface area contributed by atoms with Gasteiger partial charge < -0.3 is 5.73 Å². The van der Waals surface area contributed by atoms with E-state index in [9.17, 15) is 0 Å². The third-order valence-electron chi connectivity index (χ3n) is 2.70. The second kappa shape index (κ2) is 3.73. The minimum absolute atomic E-state index is 0.393. The maximum atomic E-state index is 5.75. The molecule has 3 N–H and O–H groups in total. The summed E-state index contributed by atoms with van der Waals surface area (Å²) in [4.78, 5) is 0. The maximum Gasteiger partial charge on any atom is 0.0578 e. The fourth-order valence-electron chi connectivity index (χ4n) is 2.01. The van der Waals surface area contributed by atoms with Crippen LogP contribution >= 0.6 is 0 Å². The summed E-state index contributed by atoms with van der Waals surface area (Å²) in [6.45, 7) is 0.624. The van der Waals surface area contributed by atoms with Crippen LogP contribution in [0.5, 0.6) is 0 Å². The number of nitrogens with one attached hydrogen (secondary N) is 1. The molecule has 0 heterocycles. The highest BCUT2D eigenvalue weighted by Crippen LogP contribution is 2.32. The highest BCUT2D eigenvalue weighted by Gasteiger charge is 2.21. The van der Waals surface area contributed by atoms with Crippen molar-refractivity contribution < 1.29 is 0 Å². The van der Waals surface area contributed by atoms with Gasteiger partial charge in [0.1, 0.15) is 0 Å². The molecule has 0 bridgehead atoms. The average molecular weight is 186 g/mol. The van der Waals surface area contributed by atoms with Crippen molar-refractivity contribution in [2.75, 3.05) is 12.3 Å². The van der Waals surface area contributed by atoms with Crippen LogP contribution in [-0.4, -0.2) is 6.54 Å². The molecule has 1 aromatic carbocycles. The molecule has 0 aliphatic heterocycles. The fourth-order valence-corrected chi connectivity index (χ4v) is 2.01. The van der Waals surface area contributed by atoms with Gasteiger partial charge >= 0.3 is 0 Å². The first-order chi connectivity index (χ1) is 6.81. The Labute approximate surface area is 84.5 Å². The predicted octanol–water partition coefficient (Wildman–Crippen LogP) is 1.48. The van der Waals surface area contributed by atoms with Crippen LogP contribution in [0.4, 0.5) is 5.69 Å². The SMILES string of the molecule is C#CCNC1CCc2ccc(N)cc21. The Hall–Kier alpha value is -1.46. The lowest BCUT2D eigenvalue weighted by atomic mass is 10.1. The summed E-state index contributed by atoms with van der Waals surface area (Å²) in [6.07, 6.45) is 7.47. The quantitative estimate of drug-likeness (QED) is 0.542. The van der Waals surface area contributed by atoms with Crippen LogP contribution in [0.15, 0.2) is 18.2 Å². The molecule has 0 saturated carbocycles. The van der Waals surface area contributed by atoms with Gasteiger partial charge in [-0.15, -0.1) is 6.42 Å². The van der Waals surface area contributed by atoms with Crippen molar-refractivity contribution in [2.24, 2.45) is 0 Å². The number of hydrogen-bond acceptors (Lipinski definition) is 2. The van der Waals surface area contributed by atoms with E-state index in [4.69, 9.17) is 12.2 Å². The van der Waals surface area contributed by atoms with Gasteiger partial charge in [0.15, 0.2) is 0 Å². The molecule has 0 saturated heterocycles. The topological polar surface area (TPSA) is 38.0 Å². The minimum Gasteiger partial charge on any atom is -0.399 e. The van der Waals surface area contributed by atoms with Gasteiger partial charge in [-0.25, -0.2) is 0 Å². The number of rotatable bonds is 2. The average Bonchev–Trinajstić information content (AvgIpc) is 2.57. The molecular weight excluding hydrogens is 172 g/mol. The van der Waals surface area contributed by atoms with E-state index >= 15 is 0 Å². The number of terminal acetylenes is 1. The van der Waals surface area contributed by atoms with E-state index in [2.05, 4.69) is 23.4 Å². The van der Waals surface area contributed by atoms with Crippen LogP contribution in [0.25, 0.3) is 0 Å². The van der Waals surface area contributed by atoms with Crippen molar-refractivity contribution in [1.82, 2.24) is 5.32 Å². The zero-order chi connectivity index (χ0) is 9.97. The number of hydrogen-bond donors (Lipinski definition) is 2. The van der Waals surface area contributed by atoms with Gasteiger partial charge in [0, 0.05) is 11.7 Å². The largest absolute Gasteiger partial charge is 0.399 e. The maximum absolute atomic E-state index is 5.75. The van der Waals surface area contributed by atoms with Crippen molar-refractivity contribution in [2.45, 2.75) is 18.9 Å². The Bertz CT molecular complexity index is 376. The van der Waals surface area contributed by atoms with E-state index < -0.39 is 0 Å².